The van der Waals surface area contributed by atoms with Crippen LogP contribution in [-0.4, -0.2) is 68.4 Å². The van der Waals surface area contributed by atoms with Crippen molar-refractivity contribution >= 4 is 33.6 Å². The maximum absolute atomic E-state index is 13.5. The van der Waals surface area contributed by atoms with Gasteiger partial charge in [0.25, 0.3) is 0 Å². The van der Waals surface area contributed by atoms with E-state index in [1.807, 2.05) is 38.1 Å². The molecule has 2 amide bonds. The minimum atomic E-state index is -3.95. The highest BCUT2D eigenvalue weighted by Gasteiger charge is 2.40. The van der Waals surface area contributed by atoms with Crippen LogP contribution >= 0.6 is 0 Å². The molecule has 37 heavy (non-hydrogen) atoms. The molecule has 198 valence electrons. The van der Waals surface area contributed by atoms with Gasteiger partial charge in [0.05, 0.1) is 11.1 Å². The number of hydrazone groups is 1. The first-order chi connectivity index (χ1) is 17.5. The van der Waals surface area contributed by atoms with Gasteiger partial charge < -0.3 is 15.6 Å². The number of nitrogens with one attached hydrogen (secondary N) is 2. The molecule has 2 N–H and O–H groups in total. The van der Waals surface area contributed by atoms with Crippen LogP contribution in [0.25, 0.3) is 5.57 Å². The van der Waals surface area contributed by atoms with E-state index in [2.05, 4.69) is 22.4 Å². The highest BCUT2D eigenvalue weighted by Crippen LogP contribution is 2.24. The molecule has 0 saturated carbocycles. The predicted molar refractivity (Wildman–Crippen MR) is 145 cm³/mol. The Morgan fingerprint density at radius 2 is 1.76 bits per heavy atom. The van der Waals surface area contributed by atoms with Gasteiger partial charge in [-0.1, -0.05) is 56.8 Å². The van der Waals surface area contributed by atoms with E-state index in [1.165, 1.54) is 16.1 Å². The summed E-state index contributed by atoms with van der Waals surface area (Å²) in [6, 6.07) is 13.2. The van der Waals surface area contributed by atoms with Gasteiger partial charge in [0.2, 0.25) is 21.8 Å². The number of amides is 2. The summed E-state index contributed by atoms with van der Waals surface area (Å²) in [5, 5.41) is 6.79. The van der Waals surface area contributed by atoms with Crippen LogP contribution in [0, 0.1) is 0 Å². The molecule has 10 heteroatoms. The van der Waals surface area contributed by atoms with E-state index in [1.54, 1.807) is 37.5 Å². The zero-order chi connectivity index (χ0) is 27.2. The maximum atomic E-state index is 13.5. The Hall–Kier alpha value is -3.50. The SMILES string of the molecule is C=C(/C=N\NC)c1ccc(CNC(=O)C2CN(C(C)=O)CCN2S(=O)(=O)c2ccc(C(C)C)cc2)cc1. The summed E-state index contributed by atoms with van der Waals surface area (Å²) in [6.07, 6.45) is 1.62. The third-order valence-corrected chi connectivity index (χ3v) is 8.30. The van der Waals surface area contributed by atoms with Gasteiger partial charge in [-0.25, -0.2) is 8.42 Å². The number of piperazine rings is 1. The van der Waals surface area contributed by atoms with Crippen LogP contribution in [0.3, 0.4) is 0 Å². The number of allylic oxidation sites excluding steroid dienone is 1. The van der Waals surface area contributed by atoms with Crippen LogP contribution in [0.1, 0.15) is 43.4 Å². The van der Waals surface area contributed by atoms with Crippen LogP contribution in [0.5, 0.6) is 0 Å². The van der Waals surface area contributed by atoms with Gasteiger partial charge in [-0.2, -0.15) is 9.41 Å². The third kappa shape index (κ3) is 6.84. The fraction of sp³-hybridized carbons (Fsp3) is 0.370. The van der Waals surface area contributed by atoms with Gasteiger partial charge in [0.15, 0.2) is 0 Å². The lowest BCUT2D eigenvalue weighted by Crippen LogP contribution is -2.61. The Labute approximate surface area is 219 Å². The highest BCUT2D eigenvalue weighted by molar-refractivity contribution is 7.89. The van der Waals surface area contributed by atoms with Gasteiger partial charge in [-0.15, -0.1) is 0 Å². The Morgan fingerprint density at radius 1 is 1.11 bits per heavy atom. The van der Waals surface area contributed by atoms with Gasteiger partial charge in [0, 0.05) is 40.2 Å². The number of sulfonamides is 1. The Bertz CT molecular complexity index is 1250. The number of hydrogen-bond acceptors (Lipinski definition) is 6. The fourth-order valence-electron chi connectivity index (χ4n) is 4.07. The summed E-state index contributed by atoms with van der Waals surface area (Å²) in [4.78, 5) is 26.9. The van der Waals surface area contributed by atoms with E-state index < -0.39 is 22.0 Å². The molecule has 1 aliphatic rings. The molecular formula is C27H35N5O4S. The van der Waals surface area contributed by atoms with Gasteiger partial charge >= 0.3 is 0 Å². The van der Waals surface area contributed by atoms with Crippen LogP contribution in [0.15, 0.2) is 65.1 Å². The molecule has 1 saturated heterocycles. The minimum Gasteiger partial charge on any atom is -0.351 e. The van der Waals surface area contributed by atoms with E-state index in [9.17, 15) is 18.0 Å². The lowest BCUT2D eigenvalue weighted by molar-refractivity contribution is -0.134. The molecule has 1 fully saturated rings. The van der Waals surface area contributed by atoms with Crippen LogP contribution in [0.2, 0.25) is 0 Å². The van der Waals surface area contributed by atoms with Crippen molar-refractivity contribution in [2.45, 2.75) is 44.2 Å². The van der Waals surface area contributed by atoms with E-state index in [-0.39, 0.29) is 42.9 Å². The average Bonchev–Trinajstić information content (AvgIpc) is 2.90. The first-order valence-electron chi connectivity index (χ1n) is 12.2. The van der Waals surface area contributed by atoms with Crippen molar-refractivity contribution in [2.75, 3.05) is 26.7 Å². The van der Waals surface area contributed by atoms with Gasteiger partial charge in [0.1, 0.15) is 6.04 Å². The van der Waals surface area contributed by atoms with Crippen molar-refractivity contribution in [1.29, 1.82) is 0 Å². The lowest BCUT2D eigenvalue weighted by atomic mass is 10.0. The number of carbonyl (C=O) groups is 2. The summed E-state index contributed by atoms with van der Waals surface area (Å²) in [7, 11) is -2.25. The smallest absolute Gasteiger partial charge is 0.243 e. The minimum absolute atomic E-state index is 0.00592. The molecular weight excluding hydrogens is 490 g/mol. The van der Waals surface area contributed by atoms with Crippen molar-refractivity contribution in [1.82, 2.24) is 19.9 Å². The molecule has 0 spiro atoms. The lowest BCUT2D eigenvalue weighted by Gasteiger charge is -2.39. The van der Waals surface area contributed by atoms with Crippen LogP contribution in [-0.2, 0) is 26.2 Å². The number of benzene rings is 2. The molecule has 1 atom stereocenters. The zero-order valence-electron chi connectivity index (χ0n) is 21.8. The largest absolute Gasteiger partial charge is 0.351 e. The van der Waals surface area contributed by atoms with Crippen molar-refractivity contribution in [3.63, 3.8) is 0 Å². The zero-order valence-corrected chi connectivity index (χ0v) is 22.6. The molecule has 2 aromatic carbocycles. The predicted octanol–water partition coefficient (Wildman–Crippen LogP) is 2.57. The Balaban J connectivity index is 1.77. The number of nitrogens with zero attached hydrogens (tertiary/aromatic N) is 3. The van der Waals surface area contributed by atoms with Crippen molar-refractivity contribution in [2.24, 2.45) is 5.10 Å². The average molecular weight is 526 g/mol. The van der Waals surface area contributed by atoms with E-state index in [0.717, 1.165) is 22.3 Å². The van der Waals surface area contributed by atoms with Gasteiger partial charge in [-0.3, -0.25) is 9.59 Å². The molecule has 9 nitrogen and oxygen atoms in total. The van der Waals surface area contributed by atoms with Gasteiger partial charge in [-0.05, 0) is 40.3 Å². The topological polar surface area (TPSA) is 111 Å². The maximum Gasteiger partial charge on any atom is 0.243 e. The third-order valence-electron chi connectivity index (χ3n) is 6.37. The van der Waals surface area contributed by atoms with E-state index in [0.29, 0.717) is 0 Å². The molecule has 0 aromatic heterocycles. The molecule has 1 unspecified atom stereocenters. The van der Waals surface area contributed by atoms with Crippen molar-refractivity contribution in [3.8, 4) is 0 Å². The quantitative estimate of drug-likeness (QED) is 0.386. The normalized spacial score (nSPS) is 16.7. The Morgan fingerprint density at radius 3 is 2.32 bits per heavy atom. The first kappa shape index (κ1) is 28.1. The van der Waals surface area contributed by atoms with Crippen molar-refractivity contribution in [3.05, 3.63) is 71.8 Å². The summed E-state index contributed by atoms with van der Waals surface area (Å²) in [5.74, 6) is -0.389. The van der Waals surface area contributed by atoms with Crippen LogP contribution < -0.4 is 10.7 Å². The molecule has 1 aliphatic heterocycles. The number of rotatable bonds is 9. The monoisotopic (exact) mass is 525 g/mol. The summed E-state index contributed by atoms with van der Waals surface area (Å²) in [6.45, 7) is 9.92. The molecule has 0 radical (unpaired) electrons. The van der Waals surface area contributed by atoms with Crippen molar-refractivity contribution < 1.29 is 18.0 Å². The number of carbonyl (C=O) groups excluding carboxylic acids is 2. The molecule has 3 rings (SSSR count). The molecule has 2 aromatic rings. The summed E-state index contributed by atoms with van der Waals surface area (Å²) < 4.78 is 28.3. The fourth-order valence-corrected chi connectivity index (χ4v) is 5.64. The number of hydrogen-bond donors (Lipinski definition) is 2. The Kier molecular flexibility index (Phi) is 9.23. The van der Waals surface area contributed by atoms with Crippen LogP contribution in [0.4, 0.5) is 0 Å². The molecule has 1 heterocycles. The van der Waals surface area contributed by atoms with E-state index >= 15 is 0 Å². The second-order valence-electron chi connectivity index (χ2n) is 9.24. The summed E-state index contributed by atoms with van der Waals surface area (Å²) in [5.41, 5.74) is 6.17. The second-order valence-corrected chi connectivity index (χ2v) is 11.1. The second kappa shape index (κ2) is 12.2. The standard InChI is InChI=1S/C27H35N5O4S/c1-19(2)23-10-12-25(13-11-23)37(35,36)32-15-14-31(21(4)33)18-26(32)27(34)29-17-22-6-8-24(9-7-22)20(3)16-30-28-5/h6-13,16,19,26,28H,3,14-15,17-18H2,1-2,4-5H3,(H,29,34)/b30-16-. The summed E-state index contributed by atoms with van der Waals surface area (Å²) >= 11 is 0. The molecule has 0 aliphatic carbocycles. The van der Waals surface area contributed by atoms with E-state index in [4.69, 9.17) is 0 Å². The highest BCUT2D eigenvalue weighted by atomic mass is 32.2. The molecule has 0 bridgehead atoms. The first-order valence-corrected chi connectivity index (χ1v) is 13.6.